The Morgan fingerprint density at radius 2 is 1.90 bits per heavy atom. The molecule has 1 aromatic carbocycles. The van der Waals surface area contributed by atoms with Crippen molar-refractivity contribution in [3.05, 3.63) is 28.3 Å². The van der Waals surface area contributed by atoms with Crippen LogP contribution in [0.2, 0.25) is 5.02 Å². The summed E-state index contributed by atoms with van der Waals surface area (Å²) in [6.45, 7) is 0.362. The molecule has 0 radical (unpaired) electrons. The summed E-state index contributed by atoms with van der Waals surface area (Å²) in [5.41, 5.74) is 0.437. The third-order valence-electron chi connectivity index (χ3n) is 2.93. The van der Waals surface area contributed by atoms with Crippen molar-refractivity contribution in [1.29, 1.82) is 0 Å². The van der Waals surface area contributed by atoms with E-state index in [-0.39, 0.29) is 27.6 Å². The number of hydrogen-bond acceptors (Lipinski definition) is 3. The molecule has 0 fully saturated rings. The van der Waals surface area contributed by atoms with E-state index in [2.05, 4.69) is 0 Å². The first-order valence-corrected chi connectivity index (χ1v) is 7.81. The predicted octanol–water partition coefficient (Wildman–Crippen LogP) is 2.71. The average Bonchev–Trinajstić information content (AvgIpc) is 2.36. The summed E-state index contributed by atoms with van der Waals surface area (Å²) in [5, 5.41) is 9.20. The number of aliphatic hydroxyl groups excluding tert-OH is 1. The summed E-state index contributed by atoms with van der Waals surface area (Å²) in [6, 6.07) is 2.46. The van der Waals surface area contributed by atoms with Gasteiger partial charge in [-0.05, 0) is 30.2 Å². The highest BCUT2D eigenvalue weighted by molar-refractivity contribution is 7.89. The van der Waals surface area contributed by atoms with E-state index >= 15 is 0 Å². The van der Waals surface area contributed by atoms with Gasteiger partial charge in [0.05, 0.1) is 11.5 Å². The molecule has 4 nitrogen and oxygen atoms in total. The zero-order valence-corrected chi connectivity index (χ0v) is 13.0. The summed E-state index contributed by atoms with van der Waals surface area (Å²) in [6.07, 6.45) is -4.64. The molecule has 0 bridgehead atoms. The van der Waals surface area contributed by atoms with Gasteiger partial charge in [-0.2, -0.15) is 17.5 Å². The molecule has 0 aliphatic heterocycles. The monoisotopic (exact) mass is 345 g/mol. The number of alkyl halides is 3. The van der Waals surface area contributed by atoms with Crippen LogP contribution in [0.4, 0.5) is 13.2 Å². The second-order valence-electron chi connectivity index (χ2n) is 4.39. The van der Waals surface area contributed by atoms with Crippen molar-refractivity contribution in [3.8, 4) is 0 Å². The van der Waals surface area contributed by atoms with Gasteiger partial charge >= 0.3 is 6.18 Å². The molecule has 1 aromatic rings. The SMILES string of the molecule is CCN(CC(F)(F)F)S(=O)(=O)c1cc(Cl)cc(CO)c1C. The van der Waals surface area contributed by atoms with Gasteiger partial charge in [-0.25, -0.2) is 8.42 Å². The number of benzene rings is 1. The number of hydrogen-bond donors (Lipinski definition) is 1. The first kappa shape index (κ1) is 18.2. The van der Waals surface area contributed by atoms with Crippen LogP contribution in [-0.4, -0.2) is 37.1 Å². The third kappa shape index (κ3) is 4.32. The molecule has 0 spiro atoms. The van der Waals surface area contributed by atoms with E-state index in [0.29, 0.717) is 4.31 Å². The van der Waals surface area contributed by atoms with Crippen LogP contribution in [0.25, 0.3) is 0 Å². The summed E-state index contributed by atoms with van der Waals surface area (Å²) in [5.74, 6) is 0. The fourth-order valence-corrected chi connectivity index (χ4v) is 3.88. The Morgan fingerprint density at radius 3 is 2.33 bits per heavy atom. The minimum Gasteiger partial charge on any atom is -0.392 e. The summed E-state index contributed by atoms with van der Waals surface area (Å²) in [4.78, 5) is -0.329. The van der Waals surface area contributed by atoms with Gasteiger partial charge in [-0.15, -0.1) is 0 Å². The van der Waals surface area contributed by atoms with E-state index in [4.69, 9.17) is 16.7 Å². The van der Waals surface area contributed by atoms with Crippen molar-refractivity contribution in [2.24, 2.45) is 0 Å². The lowest BCUT2D eigenvalue weighted by Crippen LogP contribution is -2.39. The van der Waals surface area contributed by atoms with E-state index in [1.165, 1.54) is 19.9 Å². The maximum Gasteiger partial charge on any atom is 0.402 e. The largest absolute Gasteiger partial charge is 0.402 e. The van der Waals surface area contributed by atoms with Crippen molar-refractivity contribution in [2.75, 3.05) is 13.1 Å². The molecule has 1 rings (SSSR count). The zero-order chi connectivity index (χ0) is 16.4. The molecule has 1 N–H and O–H groups in total. The lowest BCUT2D eigenvalue weighted by Gasteiger charge is -2.23. The number of nitrogens with zero attached hydrogens (tertiary/aromatic N) is 1. The van der Waals surface area contributed by atoms with Gasteiger partial charge in [0.25, 0.3) is 0 Å². The van der Waals surface area contributed by atoms with Crippen LogP contribution in [0.1, 0.15) is 18.1 Å². The van der Waals surface area contributed by atoms with Crippen LogP contribution >= 0.6 is 11.6 Å². The van der Waals surface area contributed by atoms with Crippen LogP contribution in [0, 0.1) is 6.92 Å². The Morgan fingerprint density at radius 1 is 1.33 bits per heavy atom. The normalized spacial score (nSPS) is 13.0. The molecule has 0 aliphatic carbocycles. The number of halogens is 4. The molecule has 0 heterocycles. The second-order valence-corrected chi connectivity index (χ2v) is 6.74. The fraction of sp³-hybridized carbons (Fsp3) is 0.500. The molecular weight excluding hydrogens is 331 g/mol. The Labute approximate surface area is 126 Å². The van der Waals surface area contributed by atoms with Gasteiger partial charge in [0.2, 0.25) is 10.0 Å². The highest BCUT2D eigenvalue weighted by Crippen LogP contribution is 2.29. The van der Waals surface area contributed by atoms with Crippen LogP contribution in [-0.2, 0) is 16.6 Å². The Bertz CT molecular complexity index is 617. The zero-order valence-electron chi connectivity index (χ0n) is 11.4. The Kier molecular flexibility index (Phi) is 5.65. The van der Waals surface area contributed by atoms with Crippen LogP contribution in [0.3, 0.4) is 0 Å². The molecular formula is C12H15ClF3NO3S. The highest BCUT2D eigenvalue weighted by Gasteiger charge is 2.37. The molecule has 0 saturated heterocycles. The van der Waals surface area contributed by atoms with Crippen LogP contribution < -0.4 is 0 Å². The highest BCUT2D eigenvalue weighted by atomic mass is 35.5. The number of rotatable bonds is 5. The number of sulfonamides is 1. The van der Waals surface area contributed by atoms with Crippen LogP contribution in [0.5, 0.6) is 0 Å². The molecule has 0 unspecified atom stereocenters. The van der Waals surface area contributed by atoms with E-state index in [9.17, 15) is 21.6 Å². The Balaban J connectivity index is 3.39. The summed E-state index contributed by atoms with van der Waals surface area (Å²) >= 11 is 5.77. The second kappa shape index (κ2) is 6.51. The van der Waals surface area contributed by atoms with Crippen molar-refractivity contribution < 1.29 is 26.7 Å². The van der Waals surface area contributed by atoms with E-state index in [1.807, 2.05) is 0 Å². The van der Waals surface area contributed by atoms with Gasteiger partial charge in [-0.1, -0.05) is 18.5 Å². The quantitative estimate of drug-likeness (QED) is 0.892. The molecule has 21 heavy (non-hydrogen) atoms. The fourth-order valence-electron chi connectivity index (χ4n) is 1.85. The third-order valence-corrected chi connectivity index (χ3v) is 5.19. The maximum atomic E-state index is 12.5. The molecule has 0 aromatic heterocycles. The minimum absolute atomic E-state index is 0.0336. The van der Waals surface area contributed by atoms with E-state index < -0.39 is 29.4 Å². The van der Waals surface area contributed by atoms with Crippen molar-refractivity contribution in [2.45, 2.75) is 31.5 Å². The standard InChI is InChI=1S/C12H15ClF3NO3S/c1-3-17(7-12(14,15)16)21(19,20)11-5-10(13)4-9(6-18)8(11)2/h4-5,18H,3,6-7H2,1-2H3. The molecule has 9 heteroatoms. The molecule has 0 saturated carbocycles. The van der Waals surface area contributed by atoms with E-state index in [1.54, 1.807) is 0 Å². The van der Waals surface area contributed by atoms with Crippen molar-refractivity contribution in [3.63, 3.8) is 0 Å². The van der Waals surface area contributed by atoms with Crippen molar-refractivity contribution >= 4 is 21.6 Å². The summed E-state index contributed by atoms with van der Waals surface area (Å²) < 4.78 is 62.5. The van der Waals surface area contributed by atoms with Gasteiger partial charge in [0, 0.05) is 11.6 Å². The first-order valence-electron chi connectivity index (χ1n) is 5.99. The van der Waals surface area contributed by atoms with Crippen molar-refractivity contribution in [1.82, 2.24) is 4.31 Å². The lowest BCUT2D eigenvalue weighted by atomic mass is 10.1. The van der Waals surface area contributed by atoms with E-state index in [0.717, 1.165) is 6.07 Å². The minimum atomic E-state index is -4.64. The smallest absolute Gasteiger partial charge is 0.392 e. The topological polar surface area (TPSA) is 57.6 Å². The predicted molar refractivity (Wildman–Crippen MR) is 72.6 cm³/mol. The van der Waals surface area contributed by atoms with Crippen LogP contribution in [0.15, 0.2) is 17.0 Å². The summed E-state index contributed by atoms with van der Waals surface area (Å²) in [7, 11) is -4.35. The average molecular weight is 346 g/mol. The van der Waals surface area contributed by atoms with Gasteiger partial charge in [-0.3, -0.25) is 0 Å². The first-order chi connectivity index (χ1) is 9.52. The van der Waals surface area contributed by atoms with Gasteiger partial charge < -0.3 is 5.11 Å². The van der Waals surface area contributed by atoms with Gasteiger partial charge in [0.1, 0.15) is 6.54 Å². The lowest BCUT2D eigenvalue weighted by molar-refractivity contribution is -0.135. The maximum absolute atomic E-state index is 12.5. The van der Waals surface area contributed by atoms with Gasteiger partial charge in [0.15, 0.2) is 0 Å². The molecule has 120 valence electrons. The Hall–Kier alpha value is -0.830. The number of aliphatic hydroxyl groups is 1. The molecule has 0 aliphatic rings. The molecule has 0 atom stereocenters. The molecule has 0 amide bonds.